The van der Waals surface area contributed by atoms with E-state index in [4.69, 9.17) is 4.74 Å². The summed E-state index contributed by atoms with van der Waals surface area (Å²) in [5.74, 6) is 0.951. The standard InChI is InChI=1S/C15H21NO2/c1-4-18-14-9-5-12(6-10-14)15(17)16(11(2)3)13-7-8-13/h5-6,9-11,13H,4,7-8H2,1-3H3. The smallest absolute Gasteiger partial charge is 0.254 e. The first-order valence-electron chi connectivity index (χ1n) is 6.69. The largest absolute Gasteiger partial charge is 0.494 e. The first-order chi connectivity index (χ1) is 8.63. The average Bonchev–Trinajstić information content (AvgIpc) is 3.14. The highest BCUT2D eigenvalue weighted by atomic mass is 16.5. The average molecular weight is 247 g/mol. The minimum atomic E-state index is 0.135. The first kappa shape index (κ1) is 12.9. The molecule has 1 aliphatic carbocycles. The number of nitrogens with zero attached hydrogens (tertiary/aromatic N) is 1. The molecule has 18 heavy (non-hydrogen) atoms. The van der Waals surface area contributed by atoms with Crippen molar-refractivity contribution in [2.75, 3.05) is 6.61 Å². The molecule has 0 aliphatic heterocycles. The van der Waals surface area contributed by atoms with Crippen molar-refractivity contribution in [3.63, 3.8) is 0 Å². The summed E-state index contributed by atoms with van der Waals surface area (Å²) in [5, 5.41) is 0. The van der Waals surface area contributed by atoms with Gasteiger partial charge in [-0.25, -0.2) is 0 Å². The lowest BCUT2D eigenvalue weighted by molar-refractivity contribution is 0.0690. The highest BCUT2D eigenvalue weighted by molar-refractivity contribution is 5.95. The van der Waals surface area contributed by atoms with Crippen molar-refractivity contribution in [1.82, 2.24) is 4.90 Å². The zero-order valence-corrected chi connectivity index (χ0v) is 11.3. The zero-order chi connectivity index (χ0) is 13.1. The van der Waals surface area contributed by atoms with E-state index in [2.05, 4.69) is 13.8 Å². The molecule has 1 saturated carbocycles. The molecular weight excluding hydrogens is 226 g/mol. The highest BCUT2D eigenvalue weighted by Gasteiger charge is 2.34. The maximum absolute atomic E-state index is 12.4. The third-order valence-corrected chi connectivity index (χ3v) is 3.14. The van der Waals surface area contributed by atoms with Crippen LogP contribution in [0.2, 0.25) is 0 Å². The molecule has 3 nitrogen and oxygen atoms in total. The van der Waals surface area contributed by atoms with Gasteiger partial charge in [-0.3, -0.25) is 4.79 Å². The van der Waals surface area contributed by atoms with Gasteiger partial charge in [-0.1, -0.05) is 0 Å². The summed E-state index contributed by atoms with van der Waals surface area (Å²) < 4.78 is 5.38. The second-order valence-corrected chi connectivity index (χ2v) is 4.99. The van der Waals surface area contributed by atoms with E-state index in [9.17, 15) is 4.79 Å². The third kappa shape index (κ3) is 2.84. The van der Waals surface area contributed by atoms with Crippen LogP contribution in [0.15, 0.2) is 24.3 Å². The Bertz CT molecular complexity index is 405. The number of rotatable bonds is 5. The molecule has 0 aromatic heterocycles. The van der Waals surface area contributed by atoms with Crippen LogP contribution in [0.25, 0.3) is 0 Å². The van der Waals surface area contributed by atoms with Gasteiger partial charge < -0.3 is 9.64 Å². The second kappa shape index (κ2) is 5.42. The number of hydrogen-bond donors (Lipinski definition) is 0. The summed E-state index contributed by atoms with van der Waals surface area (Å²) in [6.07, 6.45) is 2.28. The maximum atomic E-state index is 12.4. The van der Waals surface area contributed by atoms with Crippen molar-refractivity contribution in [1.29, 1.82) is 0 Å². The monoisotopic (exact) mass is 247 g/mol. The maximum Gasteiger partial charge on any atom is 0.254 e. The van der Waals surface area contributed by atoms with Crippen LogP contribution >= 0.6 is 0 Å². The summed E-state index contributed by atoms with van der Waals surface area (Å²) in [5.41, 5.74) is 0.749. The molecular formula is C15H21NO2. The fourth-order valence-corrected chi connectivity index (χ4v) is 2.18. The van der Waals surface area contributed by atoms with Crippen molar-refractivity contribution >= 4 is 5.91 Å². The molecule has 0 bridgehead atoms. The predicted octanol–water partition coefficient (Wildman–Crippen LogP) is 3.10. The Hall–Kier alpha value is -1.51. The van der Waals surface area contributed by atoms with Crippen molar-refractivity contribution in [3.8, 4) is 5.75 Å². The number of hydrogen-bond acceptors (Lipinski definition) is 2. The van der Waals surface area contributed by atoms with E-state index in [-0.39, 0.29) is 11.9 Å². The van der Waals surface area contributed by atoms with E-state index < -0.39 is 0 Å². The van der Waals surface area contributed by atoms with Crippen molar-refractivity contribution in [3.05, 3.63) is 29.8 Å². The van der Waals surface area contributed by atoms with Gasteiger partial charge in [0.2, 0.25) is 0 Å². The van der Waals surface area contributed by atoms with Crippen molar-refractivity contribution in [2.24, 2.45) is 0 Å². The Morgan fingerprint density at radius 1 is 1.33 bits per heavy atom. The Morgan fingerprint density at radius 3 is 2.39 bits per heavy atom. The normalized spacial score (nSPS) is 14.7. The molecule has 0 radical (unpaired) electrons. The molecule has 2 rings (SSSR count). The summed E-state index contributed by atoms with van der Waals surface area (Å²) in [6.45, 7) is 6.75. The molecule has 98 valence electrons. The summed E-state index contributed by atoms with van der Waals surface area (Å²) in [4.78, 5) is 14.4. The molecule has 1 fully saturated rings. The van der Waals surface area contributed by atoms with Crippen LogP contribution in [-0.2, 0) is 0 Å². The highest BCUT2D eigenvalue weighted by Crippen LogP contribution is 2.30. The molecule has 1 aromatic carbocycles. The van der Waals surface area contributed by atoms with Crippen LogP contribution in [0, 0.1) is 0 Å². The van der Waals surface area contributed by atoms with Crippen LogP contribution in [0.5, 0.6) is 5.75 Å². The van der Waals surface area contributed by atoms with Gasteiger partial charge >= 0.3 is 0 Å². The summed E-state index contributed by atoms with van der Waals surface area (Å²) in [6, 6.07) is 8.14. The van der Waals surface area contributed by atoms with Crippen molar-refractivity contribution in [2.45, 2.75) is 45.7 Å². The van der Waals surface area contributed by atoms with Gasteiger partial charge in [0.05, 0.1) is 6.61 Å². The molecule has 1 aromatic rings. The van der Waals surface area contributed by atoms with E-state index in [1.165, 1.54) is 0 Å². The molecule has 3 heteroatoms. The van der Waals surface area contributed by atoms with Crippen LogP contribution in [-0.4, -0.2) is 29.5 Å². The Balaban J connectivity index is 2.11. The fourth-order valence-electron chi connectivity index (χ4n) is 2.18. The van der Waals surface area contributed by atoms with Gasteiger partial charge in [-0.2, -0.15) is 0 Å². The quantitative estimate of drug-likeness (QED) is 0.800. The number of benzene rings is 1. The number of carbonyl (C=O) groups excluding carboxylic acids is 1. The van der Waals surface area contributed by atoms with Crippen LogP contribution < -0.4 is 4.74 Å². The lowest BCUT2D eigenvalue weighted by Gasteiger charge is -2.26. The molecule has 1 aliphatic rings. The van der Waals surface area contributed by atoms with Crippen molar-refractivity contribution < 1.29 is 9.53 Å². The van der Waals surface area contributed by atoms with Gasteiger partial charge in [-0.15, -0.1) is 0 Å². The Kier molecular flexibility index (Phi) is 3.90. The number of ether oxygens (including phenoxy) is 1. The van der Waals surface area contributed by atoms with Gasteiger partial charge in [0.25, 0.3) is 5.91 Å². The van der Waals surface area contributed by atoms with Gasteiger partial charge in [0.15, 0.2) is 0 Å². The zero-order valence-electron chi connectivity index (χ0n) is 11.3. The van der Waals surface area contributed by atoms with Crippen LogP contribution in [0.4, 0.5) is 0 Å². The van der Waals surface area contributed by atoms with E-state index in [1.54, 1.807) is 0 Å². The Morgan fingerprint density at radius 2 is 1.94 bits per heavy atom. The van der Waals surface area contributed by atoms with Crippen LogP contribution in [0.3, 0.4) is 0 Å². The predicted molar refractivity (Wildman–Crippen MR) is 71.9 cm³/mol. The SMILES string of the molecule is CCOc1ccc(C(=O)N(C(C)C)C2CC2)cc1. The first-order valence-corrected chi connectivity index (χ1v) is 6.69. The number of carbonyl (C=O) groups is 1. The van der Waals surface area contributed by atoms with E-state index in [1.807, 2.05) is 36.1 Å². The fraction of sp³-hybridized carbons (Fsp3) is 0.533. The minimum Gasteiger partial charge on any atom is -0.494 e. The Labute approximate surface area is 109 Å². The molecule has 0 saturated heterocycles. The van der Waals surface area contributed by atoms with Gasteiger partial charge in [0, 0.05) is 17.6 Å². The lowest BCUT2D eigenvalue weighted by atomic mass is 10.1. The van der Waals surface area contributed by atoms with Gasteiger partial charge in [0.1, 0.15) is 5.75 Å². The molecule has 0 unspecified atom stereocenters. The van der Waals surface area contributed by atoms with Gasteiger partial charge in [-0.05, 0) is 57.9 Å². The van der Waals surface area contributed by atoms with E-state index in [0.717, 1.165) is 24.2 Å². The molecule has 0 N–H and O–H groups in total. The lowest BCUT2D eigenvalue weighted by Crippen LogP contribution is -2.38. The topological polar surface area (TPSA) is 29.5 Å². The van der Waals surface area contributed by atoms with Crippen LogP contribution in [0.1, 0.15) is 44.0 Å². The molecule has 1 amide bonds. The van der Waals surface area contributed by atoms with E-state index >= 15 is 0 Å². The second-order valence-electron chi connectivity index (χ2n) is 4.99. The van der Waals surface area contributed by atoms with E-state index in [0.29, 0.717) is 12.6 Å². The molecule has 0 atom stereocenters. The number of amides is 1. The minimum absolute atomic E-state index is 0.135. The molecule has 0 heterocycles. The molecule has 0 spiro atoms. The summed E-state index contributed by atoms with van der Waals surface area (Å²) >= 11 is 0. The third-order valence-electron chi connectivity index (χ3n) is 3.14. The summed E-state index contributed by atoms with van der Waals surface area (Å²) in [7, 11) is 0.